The molecule has 41 heavy (non-hydrogen) atoms. The Labute approximate surface area is 242 Å². The summed E-state index contributed by atoms with van der Waals surface area (Å²) in [7, 11) is -4.39. The number of rotatable bonds is 7. The number of amides is 1. The molecule has 10 atom stereocenters. The van der Waals surface area contributed by atoms with Gasteiger partial charge in [0.25, 0.3) is 10.0 Å². The summed E-state index contributed by atoms with van der Waals surface area (Å²) in [4.78, 5) is 11.6. The van der Waals surface area contributed by atoms with Crippen LogP contribution in [0.1, 0.15) is 85.0 Å². The highest BCUT2D eigenvalue weighted by molar-refractivity contribution is 7.90. The van der Waals surface area contributed by atoms with E-state index in [0.29, 0.717) is 42.2 Å². The number of hydrogen-bond donors (Lipinski definition) is 3. The van der Waals surface area contributed by atoms with Crippen molar-refractivity contribution in [1.82, 2.24) is 4.72 Å². The van der Waals surface area contributed by atoms with Gasteiger partial charge < -0.3 is 14.9 Å². The number of benzene rings is 1. The Morgan fingerprint density at radius 2 is 1.73 bits per heavy atom. The molecule has 0 heterocycles. The number of fused-ring (bicyclic) bond motifs is 5. The molecule has 4 fully saturated rings. The van der Waals surface area contributed by atoms with Crippen LogP contribution in [0.2, 0.25) is 0 Å². The standard InChI is InChI=1S/C31H45F2NO6S/c1-4-21-24-16-19(35)11-13-31(24,3)23-12-14-30(2)18(7-9-22(30)27(23)28(21)36)6-5-15-40-29(37)34-41(38,39)20-8-10-25(32)26(33)17-20/h8,10,17-19,21-24,27-28,35-36H,4-7,9,11-16H2,1-3H3,(H,34,37)/t18-,19+,21+,22-,23-,24-,27-,28+,30+,31+/m0/s1. The molecule has 0 unspecified atom stereocenters. The van der Waals surface area contributed by atoms with Crippen LogP contribution < -0.4 is 4.72 Å². The van der Waals surface area contributed by atoms with Gasteiger partial charge in [-0.1, -0.05) is 27.2 Å². The van der Waals surface area contributed by atoms with E-state index in [1.54, 1.807) is 4.72 Å². The molecule has 4 aliphatic carbocycles. The number of carbonyl (C=O) groups is 1. The van der Waals surface area contributed by atoms with Gasteiger partial charge in [-0.2, -0.15) is 0 Å². The number of nitrogens with one attached hydrogen (secondary N) is 1. The second-order valence-electron chi connectivity index (χ2n) is 13.7. The van der Waals surface area contributed by atoms with Gasteiger partial charge in [-0.15, -0.1) is 0 Å². The van der Waals surface area contributed by atoms with Crippen molar-refractivity contribution in [3.05, 3.63) is 29.8 Å². The lowest BCUT2D eigenvalue weighted by atomic mass is 9.41. The minimum Gasteiger partial charge on any atom is -0.449 e. The number of aliphatic hydroxyl groups is 2. The summed E-state index contributed by atoms with van der Waals surface area (Å²) < 4.78 is 58.1. The van der Waals surface area contributed by atoms with Gasteiger partial charge in [-0.3, -0.25) is 0 Å². The zero-order valence-electron chi connectivity index (χ0n) is 24.3. The van der Waals surface area contributed by atoms with Gasteiger partial charge in [0.05, 0.1) is 23.7 Å². The van der Waals surface area contributed by atoms with Crippen LogP contribution in [0, 0.1) is 58.0 Å². The van der Waals surface area contributed by atoms with Gasteiger partial charge in [-0.25, -0.2) is 26.7 Å². The fourth-order valence-corrected chi connectivity index (χ4v) is 10.8. The number of halogens is 2. The molecule has 0 saturated heterocycles. The van der Waals surface area contributed by atoms with Gasteiger partial charge in [0.15, 0.2) is 11.6 Å². The van der Waals surface area contributed by atoms with Crippen LogP contribution in [-0.4, -0.2) is 43.5 Å². The highest BCUT2D eigenvalue weighted by Crippen LogP contribution is 2.69. The molecule has 1 aromatic carbocycles. The Morgan fingerprint density at radius 3 is 2.44 bits per heavy atom. The highest BCUT2D eigenvalue weighted by Gasteiger charge is 2.64. The second-order valence-corrected chi connectivity index (χ2v) is 15.4. The number of sulfonamides is 1. The van der Waals surface area contributed by atoms with Crippen LogP contribution in [-0.2, 0) is 14.8 Å². The fourth-order valence-electron chi connectivity index (χ4n) is 9.88. The number of carbonyl (C=O) groups excluding carboxylic acids is 1. The summed E-state index contributed by atoms with van der Waals surface area (Å²) in [6, 6.07) is 2.08. The summed E-state index contributed by atoms with van der Waals surface area (Å²) in [5, 5.41) is 22.3. The summed E-state index contributed by atoms with van der Waals surface area (Å²) in [5.41, 5.74) is 0.251. The molecule has 3 N–H and O–H groups in total. The maximum absolute atomic E-state index is 13.4. The van der Waals surface area contributed by atoms with Crippen LogP contribution >= 0.6 is 0 Å². The molecule has 0 aromatic heterocycles. The van der Waals surface area contributed by atoms with E-state index in [9.17, 15) is 32.2 Å². The highest BCUT2D eigenvalue weighted by atomic mass is 32.2. The van der Waals surface area contributed by atoms with Crippen LogP contribution in [0.4, 0.5) is 13.6 Å². The normalized spacial score (nSPS) is 40.3. The quantitative estimate of drug-likeness (QED) is 0.343. The number of hydrogen-bond acceptors (Lipinski definition) is 6. The summed E-state index contributed by atoms with van der Waals surface area (Å²) in [6.45, 7) is 7.03. The minimum atomic E-state index is -4.39. The van der Waals surface area contributed by atoms with Crippen molar-refractivity contribution in [2.45, 2.75) is 102 Å². The smallest absolute Gasteiger partial charge is 0.421 e. The van der Waals surface area contributed by atoms with Crippen molar-refractivity contribution in [2.75, 3.05) is 6.61 Å². The molecule has 0 bridgehead atoms. The Balaban J connectivity index is 1.18. The van der Waals surface area contributed by atoms with Gasteiger partial charge in [0.1, 0.15) is 0 Å². The van der Waals surface area contributed by atoms with E-state index < -0.39 is 32.6 Å². The van der Waals surface area contributed by atoms with Crippen molar-refractivity contribution in [3.8, 4) is 0 Å². The molecular weight excluding hydrogens is 552 g/mol. The summed E-state index contributed by atoms with van der Waals surface area (Å²) in [5.74, 6) is -0.325. The third-order valence-electron chi connectivity index (χ3n) is 11.9. The van der Waals surface area contributed by atoms with E-state index >= 15 is 0 Å². The molecule has 0 radical (unpaired) electrons. The molecule has 5 rings (SSSR count). The van der Waals surface area contributed by atoms with Crippen LogP contribution in [0.5, 0.6) is 0 Å². The largest absolute Gasteiger partial charge is 0.449 e. The van der Waals surface area contributed by atoms with Crippen molar-refractivity contribution >= 4 is 16.1 Å². The third kappa shape index (κ3) is 5.42. The Morgan fingerprint density at radius 1 is 1.02 bits per heavy atom. The first-order valence-corrected chi connectivity index (χ1v) is 16.8. The first-order valence-electron chi connectivity index (χ1n) is 15.3. The van der Waals surface area contributed by atoms with E-state index in [-0.39, 0.29) is 41.5 Å². The fraction of sp³-hybridized carbons (Fsp3) is 0.774. The maximum Gasteiger partial charge on any atom is 0.421 e. The lowest BCUT2D eigenvalue weighted by molar-refractivity contribution is -0.202. The maximum atomic E-state index is 13.4. The molecule has 230 valence electrons. The first kappa shape index (κ1) is 30.7. The first-order chi connectivity index (χ1) is 19.3. The van der Waals surface area contributed by atoms with E-state index in [1.807, 2.05) is 0 Å². The molecule has 10 heteroatoms. The van der Waals surface area contributed by atoms with Crippen molar-refractivity contribution in [2.24, 2.45) is 46.3 Å². The average molecular weight is 598 g/mol. The Hall–Kier alpha value is -1.78. The Bertz CT molecular complexity index is 1240. The lowest BCUT2D eigenvalue weighted by Crippen LogP contribution is -2.62. The topological polar surface area (TPSA) is 113 Å². The molecule has 7 nitrogen and oxygen atoms in total. The van der Waals surface area contributed by atoms with Crippen LogP contribution in [0.25, 0.3) is 0 Å². The summed E-state index contributed by atoms with van der Waals surface area (Å²) >= 11 is 0. The van der Waals surface area contributed by atoms with Crippen molar-refractivity contribution in [3.63, 3.8) is 0 Å². The van der Waals surface area contributed by atoms with E-state index in [0.717, 1.165) is 63.9 Å². The molecule has 4 saturated carbocycles. The molecule has 0 aliphatic heterocycles. The Kier molecular flexibility index (Phi) is 8.51. The van der Waals surface area contributed by atoms with E-state index in [4.69, 9.17) is 4.74 Å². The molecular formula is C31H45F2NO6S. The number of ether oxygens (including phenoxy) is 1. The van der Waals surface area contributed by atoms with Crippen LogP contribution in [0.3, 0.4) is 0 Å². The van der Waals surface area contributed by atoms with Gasteiger partial charge in [0.2, 0.25) is 0 Å². The van der Waals surface area contributed by atoms with Crippen LogP contribution in [0.15, 0.2) is 23.1 Å². The van der Waals surface area contributed by atoms with E-state index in [2.05, 4.69) is 20.8 Å². The monoisotopic (exact) mass is 597 g/mol. The predicted molar refractivity (Wildman–Crippen MR) is 149 cm³/mol. The predicted octanol–water partition coefficient (Wildman–Crippen LogP) is 5.79. The third-order valence-corrected chi connectivity index (χ3v) is 13.2. The molecule has 0 spiro atoms. The zero-order valence-corrected chi connectivity index (χ0v) is 25.1. The van der Waals surface area contributed by atoms with Crippen molar-refractivity contribution < 1.29 is 36.9 Å². The minimum absolute atomic E-state index is 0.0467. The van der Waals surface area contributed by atoms with Gasteiger partial charge in [0, 0.05) is 0 Å². The molecule has 1 aromatic rings. The number of aliphatic hydroxyl groups excluding tert-OH is 2. The molecule has 4 aliphatic rings. The summed E-state index contributed by atoms with van der Waals surface area (Å²) in [6.07, 6.45) is 7.60. The SMILES string of the molecule is CC[C@H]1[C@@H](O)[C@@H]2[C@H](CC[C@]3(C)[C@@H](CCCOC(=O)NS(=O)(=O)c4ccc(F)c(F)c4)CC[C@@H]23)[C@@]2(C)CC[C@@H](O)C[C@@H]12. The van der Waals surface area contributed by atoms with E-state index in [1.165, 1.54) is 0 Å². The van der Waals surface area contributed by atoms with Gasteiger partial charge >= 0.3 is 6.09 Å². The average Bonchev–Trinajstić information content (AvgIpc) is 3.25. The lowest BCUT2D eigenvalue weighted by Gasteiger charge is -2.64. The van der Waals surface area contributed by atoms with Crippen molar-refractivity contribution in [1.29, 1.82) is 0 Å². The zero-order chi connectivity index (χ0) is 29.7. The van der Waals surface area contributed by atoms with Gasteiger partial charge in [-0.05, 0) is 122 Å². The second kappa shape index (κ2) is 11.4. The molecule has 1 amide bonds.